The largest absolute Gasteiger partial charge is 0.495 e. The highest BCUT2D eigenvalue weighted by Gasteiger charge is 2.30. The number of methoxy groups -OCH3 is 1. The highest BCUT2D eigenvalue weighted by atomic mass is 35.5. The third kappa shape index (κ3) is 7.63. The second-order valence-corrected chi connectivity index (χ2v) is 10.7. The first-order valence-electron chi connectivity index (χ1n) is 10.9. The predicted molar refractivity (Wildman–Crippen MR) is 134 cm³/mol. The van der Waals surface area contributed by atoms with Gasteiger partial charge in [0, 0.05) is 13.1 Å². The lowest BCUT2D eigenvalue weighted by Crippen LogP contribution is -2.51. The third-order valence-corrected chi connectivity index (χ3v) is 6.59. The lowest BCUT2D eigenvalue weighted by Gasteiger charge is -2.31. The van der Waals surface area contributed by atoms with Gasteiger partial charge in [-0.2, -0.15) is 0 Å². The van der Waals surface area contributed by atoms with Crippen molar-refractivity contribution in [3.63, 3.8) is 0 Å². The molecule has 0 aromatic heterocycles. The number of nitrogens with one attached hydrogen (secondary N) is 1. The molecule has 0 aliphatic heterocycles. The van der Waals surface area contributed by atoms with Gasteiger partial charge < -0.3 is 15.0 Å². The molecule has 186 valence electrons. The van der Waals surface area contributed by atoms with Crippen LogP contribution in [-0.4, -0.2) is 57.6 Å². The standard InChI is InChI=1S/C24H32ClN3O5S/c1-17(2)14-26-24(30)18(3)27(15-19-9-7-6-8-10-19)23(29)16-28(34(5,31)32)20-11-12-22(33-4)21(25)13-20/h6-13,17-18H,14-16H2,1-5H3,(H,26,30)/t18-/m1/s1. The number of carbonyl (C=O) groups excluding carboxylic acids is 2. The van der Waals surface area contributed by atoms with Gasteiger partial charge in [0.15, 0.2) is 0 Å². The molecule has 0 aliphatic rings. The van der Waals surface area contributed by atoms with Gasteiger partial charge in [-0.25, -0.2) is 8.42 Å². The quantitative estimate of drug-likeness (QED) is 0.501. The van der Waals surface area contributed by atoms with Crippen LogP contribution in [0.2, 0.25) is 5.02 Å². The Hall–Kier alpha value is -2.78. The summed E-state index contributed by atoms with van der Waals surface area (Å²) >= 11 is 6.19. The molecule has 2 aromatic carbocycles. The minimum Gasteiger partial charge on any atom is -0.495 e. The van der Waals surface area contributed by atoms with Crippen LogP contribution >= 0.6 is 11.6 Å². The number of nitrogens with zero attached hydrogens (tertiary/aromatic N) is 2. The molecule has 0 aliphatic carbocycles. The fourth-order valence-electron chi connectivity index (χ4n) is 3.24. The Balaban J connectivity index is 2.36. The average Bonchev–Trinajstić information content (AvgIpc) is 2.78. The van der Waals surface area contributed by atoms with Crippen LogP contribution in [0, 0.1) is 5.92 Å². The minimum atomic E-state index is -3.84. The Morgan fingerprint density at radius 2 is 1.74 bits per heavy atom. The van der Waals surface area contributed by atoms with Crippen LogP contribution in [0.1, 0.15) is 26.3 Å². The number of carbonyl (C=O) groups is 2. The molecule has 1 atom stereocenters. The van der Waals surface area contributed by atoms with Crippen LogP contribution in [0.15, 0.2) is 48.5 Å². The molecule has 2 rings (SSSR count). The van der Waals surface area contributed by atoms with Crippen molar-refractivity contribution in [2.75, 3.05) is 30.8 Å². The minimum absolute atomic E-state index is 0.150. The van der Waals surface area contributed by atoms with Crippen molar-refractivity contribution in [2.24, 2.45) is 5.92 Å². The molecule has 8 nitrogen and oxygen atoms in total. The SMILES string of the molecule is COc1ccc(N(CC(=O)N(Cc2ccccc2)[C@H](C)C(=O)NCC(C)C)S(C)(=O)=O)cc1Cl. The maximum absolute atomic E-state index is 13.5. The zero-order valence-electron chi connectivity index (χ0n) is 20.1. The number of ether oxygens (including phenoxy) is 1. The number of sulfonamides is 1. The van der Waals surface area contributed by atoms with Crippen LogP contribution in [0.3, 0.4) is 0 Å². The molecule has 0 bridgehead atoms. The molecule has 0 spiro atoms. The Morgan fingerprint density at radius 1 is 1.09 bits per heavy atom. The number of rotatable bonds is 11. The molecule has 0 unspecified atom stereocenters. The van der Waals surface area contributed by atoms with Crippen molar-refractivity contribution in [1.82, 2.24) is 10.2 Å². The third-order valence-electron chi connectivity index (χ3n) is 5.15. The van der Waals surface area contributed by atoms with E-state index in [4.69, 9.17) is 16.3 Å². The van der Waals surface area contributed by atoms with Gasteiger partial charge >= 0.3 is 0 Å². The molecular formula is C24H32ClN3O5S. The van der Waals surface area contributed by atoms with Gasteiger partial charge in [-0.3, -0.25) is 13.9 Å². The molecule has 34 heavy (non-hydrogen) atoms. The molecule has 0 radical (unpaired) electrons. The molecule has 2 aromatic rings. The average molecular weight is 510 g/mol. The van der Waals surface area contributed by atoms with E-state index in [0.717, 1.165) is 16.1 Å². The van der Waals surface area contributed by atoms with Crippen molar-refractivity contribution in [3.8, 4) is 5.75 Å². The summed E-state index contributed by atoms with van der Waals surface area (Å²) in [5.74, 6) is -0.203. The maximum atomic E-state index is 13.5. The van der Waals surface area contributed by atoms with E-state index in [2.05, 4.69) is 5.32 Å². The van der Waals surface area contributed by atoms with E-state index in [-0.39, 0.29) is 29.1 Å². The monoisotopic (exact) mass is 509 g/mol. The molecule has 0 fully saturated rings. The second-order valence-electron chi connectivity index (χ2n) is 8.41. The van der Waals surface area contributed by atoms with Crippen LogP contribution in [0.25, 0.3) is 0 Å². The molecule has 0 saturated carbocycles. The fraction of sp³-hybridized carbons (Fsp3) is 0.417. The zero-order chi connectivity index (χ0) is 25.5. The highest BCUT2D eigenvalue weighted by molar-refractivity contribution is 7.92. The fourth-order valence-corrected chi connectivity index (χ4v) is 4.33. The summed E-state index contributed by atoms with van der Waals surface area (Å²) in [6.45, 7) is 5.71. The van der Waals surface area contributed by atoms with E-state index < -0.39 is 28.5 Å². The Kier molecular flexibility index (Phi) is 9.76. The van der Waals surface area contributed by atoms with Gasteiger partial charge in [0.2, 0.25) is 21.8 Å². The molecule has 10 heteroatoms. The van der Waals surface area contributed by atoms with Gasteiger partial charge in [0.1, 0.15) is 18.3 Å². The summed E-state index contributed by atoms with van der Waals surface area (Å²) in [4.78, 5) is 27.6. The maximum Gasteiger partial charge on any atom is 0.244 e. The number of halogens is 1. The van der Waals surface area contributed by atoms with Gasteiger partial charge in [-0.1, -0.05) is 55.8 Å². The topological polar surface area (TPSA) is 96.0 Å². The van der Waals surface area contributed by atoms with E-state index >= 15 is 0 Å². The Bertz CT molecular complexity index is 1090. The predicted octanol–water partition coefficient (Wildman–Crippen LogP) is 3.30. The van der Waals surface area contributed by atoms with E-state index in [9.17, 15) is 18.0 Å². The highest BCUT2D eigenvalue weighted by Crippen LogP contribution is 2.30. The number of anilines is 1. The first-order valence-corrected chi connectivity index (χ1v) is 13.1. The molecule has 0 saturated heterocycles. The van der Waals surface area contributed by atoms with Gasteiger partial charge in [0.05, 0.1) is 24.1 Å². The molecule has 2 amide bonds. The van der Waals surface area contributed by atoms with Crippen LogP contribution in [0.4, 0.5) is 5.69 Å². The lowest BCUT2D eigenvalue weighted by atomic mass is 10.1. The second kappa shape index (κ2) is 12.1. The van der Waals surface area contributed by atoms with Crippen molar-refractivity contribution in [3.05, 3.63) is 59.1 Å². The summed E-state index contributed by atoms with van der Waals surface area (Å²) in [6.07, 6.45) is 1.01. The number of hydrogen-bond acceptors (Lipinski definition) is 5. The number of hydrogen-bond donors (Lipinski definition) is 1. The smallest absolute Gasteiger partial charge is 0.244 e. The first-order chi connectivity index (χ1) is 15.9. The normalized spacial score (nSPS) is 12.2. The number of benzene rings is 2. The van der Waals surface area contributed by atoms with E-state index in [1.54, 1.807) is 6.92 Å². The molecule has 0 heterocycles. The lowest BCUT2D eigenvalue weighted by molar-refractivity contribution is -0.139. The van der Waals surface area contributed by atoms with E-state index in [0.29, 0.717) is 12.3 Å². The summed E-state index contributed by atoms with van der Waals surface area (Å²) in [5.41, 5.74) is 1.04. The Morgan fingerprint density at radius 3 is 2.26 bits per heavy atom. The van der Waals surface area contributed by atoms with Crippen molar-refractivity contribution in [2.45, 2.75) is 33.4 Å². The van der Waals surface area contributed by atoms with E-state index in [1.165, 1.54) is 30.2 Å². The van der Waals surface area contributed by atoms with Crippen LogP contribution in [0.5, 0.6) is 5.75 Å². The summed E-state index contributed by atoms with van der Waals surface area (Å²) in [6, 6.07) is 12.9. The summed E-state index contributed by atoms with van der Waals surface area (Å²) in [7, 11) is -2.39. The first kappa shape index (κ1) is 27.5. The van der Waals surface area contributed by atoms with Crippen molar-refractivity contribution in [1.29, 1.82) is 0 Å². The number of amides is 2. The van der Waals surface area contributed by atoms with Crippen LogP contribution < -0.4 is 14.4 Å². The zero-order valence-corrected chi connectivity index (χ0v) is 21.7. The molecule has 1 N–H and O–H groups in total. The van der Waals surface area contributed by atoms with Gasteiger partial charge in [-0.15, -0.1) is 0 Å². The molecular weight excluding hydrogens is 478 g/mol. The summed E-state index contributed by atoms with van der Waals surface area (Å²) in [5, 5.41) is 3.05. The van der Waals surface area contributed by atoms with Gasteiger partial charge in [0.25, 0.3) is 0 Å². The van der Waals surface area contributed by atoms with Crippen LogP contribution in [-0.2, 0) is 26.2 Å². The van der Waals surface area contributed by atoms with Crippen molar-refractivity contribution < 1.29 is 22.7 Å². The Labute approximate surface area is 206 Å². The van der Waals surface area contributed by atoms with E-state index in [1.807, 2.05) is 44.2 Å². The summed E-state index contributed by atoms with van der Waals surface area (Å²) < 4.78 is 31.3. The van der Waals surface area contributed by atoms with Crippen molar-refractivity contribution >= 4 is 39.1 Å². The van der Waals surface area contributed by atoms with Gasteiger partial charge in [-0.05, 0) is 36.6 Å².